The van der Waals surface area contributed by atoms with E-state index >= 15 is 0 Å². The summed E-state index contributed by atoms with van der Waals surface area (Å²) in [5.41, 5.74) is 2.69. The van der Waals surface area contributed by atoms with Gasteiger partial charge in [-0.3, -0.25) is 4.79 Å². The fourth-order valence-electron chi connectivity index (χ4n) is 2.74. The number of fused-ring (bicyclic) bond motifs is 1. The molecule has 0 unspecified atom stereocenters. The van der Waals surface area contributed by atoms with Crippen LogP contribution in [0, 0.1) is 0 Å². The van der Waals surface area contributed by atoms with E-state index in [9.17, 15) is 4.79 Å². The lowest BCUT2D eigenvalue weighted by Crippen LogP contribution is -2.14. The monoisotopic (exact) mass is 364 g/mol. The van der Waals surface area contributed by atoms with Crippen LogP contribution >= 0.6 is 11.3 Å². The van der Waals surface area contributed by atoms with Crippen LogP contribution in [0.3, 0.4) is 0 Å². The molecular formula is C19H16N4O2S. The van der Waals surface area contributed by atoms with Gasteiger partial charge in [-0.15, -0.1) is 11.3 Å². The summed E-state index contributed by atoms with van der Waals surface area (Å²) in [7, 11) is 1.61. The molecule has 0 bridgehead atoms. The number of hydrogen-bond acceptors (Lipinski definition) is 5. The zero-order chi connectivity index (χ0) is 17.9. The Kier molecular flexibility index (Phi) is 4.37. The lowest BCUT2D eigenvalue weighted by Gasteiger charge is -2.04. The molecule has 0 saturated carbocycles. The largest absolute Gasteiger partial charge is 0.497 e. The second-order valence-electron chi connectivity index (χ2n) is 5.72. The van der Waals surface area contributed by atoms with Crippen molar-refractivity contribution in [2.24, 2.45) is 0 Å². The maximum atomic E-state index is 12.3. The molecule has 4 rings (SSSR count). The molecule has 3 aromatic heterocycles. The second kappa shape index (κ2) is 6.97. The van der Waals surface area contributed by atoms with Gasteiger partial charge < -0.3 is 15.0 Å². The van der Waals surface area contributed by atoms with Gasteiger partial charge in [0.25, 0.3) is 0 Å². The summed E-state index contributed by atoms with van der Waals surface area (Å²) in [5.74, 6) is 1.17. The molecule has 1 aromatic carbocycles. The van der Waals surface area contributed by atoms with E-state index in [2.05, 4.69) is 20.3 Å². The Morgan fingerprint density at radius 2 is 2.23 bits per heavy atom. The minimum absolute atomic E-state index is 0.115. The molecule has 0 atom stereocenters. The summed E-state index contributed by atoms with van der Waals surface area (Å²) in [6.45, 7) is 0. The number of methoxy groups -OCH3 is 1. The highest BCUT2D eigenvalue weighted by Gasteiger charge is 2.12. The van der Waals surface area contributed by atoms with E-state index < -0.39 is 0 Å². The van der Waals surface area contributed by atoms with Gasteiger partial charge in [0.15, 0.2) is 0 Å². The molecule has 0 spiro atoms. The molecule has 3 heterocycles. The SMILES string of the molecule is COc1cccc(CC(=O)Nc2csc(-c3c[nH]c4ncccc34)n2)c1. The van der Waals surface area contributed by atoms with Gasteiger partial charge in [-0.05, 0) is 29.8 Å². The van der Waals surface area contributed by atoms with Crippen LogP contribution < -0.4 is 10.1 Å². The van der Waals surface area contributed by atoms with Crippen LogP contribution in [0.1, 0.15) is 5.56 Å². The smallest absolute Gasteiger partial charge is 0.229 e. The maximum Gasteiger partial charge on any atom is 0.229 e. The summed E-state index contributed by atoms with van der Waals surface area (Å²) in [5, 5.41) is 6.54. The van der Waals surface area contributed by atoms with Crippen molar-refractivity contribution in [1.82, 2.24) is 15.0 Å². The Labute approximate surface area is 153 Å². The number of carbonyl (C=O) groups excluding carboxylic acids is 1. The average Bonchev–Trinajstić information content (AvgIpc) is 3.28. The number of thiazole rings is 1. The second-order valence-corrected chi connectivity index (χ2v) is 6.57. The summed E-state index contributed by atoms with van der Waals surface area (Å²) < 4.78 is 5.18. The number of rotatable bonds is 5. The summed E-state index contributed by atoms with van der Waals surface area (Å²) >= 11 is 1.48. The van der Waals surface area contributed by atoms with E-state index in [1.165, 1.54) is 11.3 Å². The molecule has 0 aliphatic rings. The topological polar surface area (TPSA) is 79.9 Å². The van der Waals surface area contributed by atoms with Crippen molar-refractivity contribution in [3.63, 3.8) is 0 Å². The summed E-state index contributed by atoms with van der Waals surface area (Å²) in [4.78, 5) is 24.2. The number of hydrogen-bond donors (Lipinski definition) is 2. The van der Waals surface area contributed by atoms with Crippen molar-refractivity contribution < 1.29 is 9.53 Å². The summed E-state index contributed by atoms with van der Waals surface area (Å²) in [6, 6.07) is 11.4. The van der Waals surface area contributed by atoms with E-state index in [1.54, 1.807) is 13.3 Å². The predicted octanol–water partition coefficient (Wildman–Crippen LogP) is 3.88. The van der Waals surface area contributed by atoms with Gasteiger partial charge in [0, 0.05) is 28.7 Å². The molecule has 0 aliphatic heterocycles. The van der Waals surface area contributed by atoms with E-state index in [1.807, 2.05) is 48.0 Å². The number of carbonyl (C=O) groups is 1. The number of nitrogens with zero attached hydrogens (tertiary/aromatic N) is 2. The average molecular weight is 364 g/mol. The summed E-state index contributed by atoms with van der Waals surface area (Å²) in [6.07, 6.45) is 3.90. The van der Waals surface area contributed by atoms with Crippen molar-refractivity contribution >= 4 is 34.1 Å². The zero-order valence-corrected chi connectivity index (χ0v) is 14.8. The van der Waals surface area contributed by atoms with Crippen LogP contribution in [0.5, 0.6) is 5.75 Å². The highest BCUT2D eigenvalue weighted by Crippen LogP contribution is 2.31. The highest BCUT2D eigenvalue weighted by atomic mass is 32.1. The van der Waals surface area contributed by atoms with Gasteiger partial charge in [0.05, 0.1) is 13.5 Å². The quantitative estimate of drug-likeness (QED) is 0.563. The van der Waals surface area contributed by atoms with Crippen LogP contribution in [0.4, 0.5) is 5.82 Å². The number of H-pyrrole nitrogens is 1. The molecule has 6 nitrogen and oxygen atoms in total. The number of ether oxygens (including phenoxy) is 1. The van der Waals surface area contributed by atoms with Crippen molar-refractivity contribution in [2.45, 2.75) is 6.42 Å². The standard InChI is InChI=1S/C19H16N4O2S/c1-25-13-5-2-4-12(8-13)9-17(24)22-16-11-26-19(23-16)15-10-21-18-14(15)6-3-7-20-18/h2-8,10-11H,9H2,1H3,(H,20,21)(H,22,24). The van der Waals surface area contributed by atoms with Crippen molar-refractivity contribution in [1.29, 1.82) is 0 Å². The predicted molar refractivity (Wildman–Crippen MR) is 103 cm³/mol. The Morgan fingerprint density at radius 1 is 1.31 bits per heavy atom. The molecule has 0 saturated heterocycles. The first-order valence-corrected chi connectivity index (χ1v) is 8.91. The molecule has 26 heavy (non-hydrogen) atoms. The van der Waals surface area contributed by atoms with Gasteiger partial charge in [0.1, 0.15) is 22.2 Å². The Hall–Kier alpha value is -3.19. The van der Waals surface area contributed by atoms with Gasteiger partial charge in [0.2, 0.25) is 5.91 Å². The van der Waals surface area contributed by atoms with Crippen molar-refractivity contribution in [3.8, 4) is 16.3 Å². The van der Waals surface area contributed by atoms with Crippen LogP contribution in [-0.2, 0) is 11.2 Å². The van der Waals surface area contributed by atoms with Gasteiger partial charge >= 0.3 is 0 Å². The first-order valence-electron chi connectivity index (χ1n) is 8.04. The zero-order valence-electron chi connectivity index (χ0n) is 14.0. The fourth-order valence-corrected chi connectivity index (χ4v) is 3.52. The number of aromatic nitrogens is 3. The number of amides is 1. The maximum absolute atomic E-state index is 12.3. The third-order valence-electron chi connectivity index (χ3n) is 3.95. The molecule has 4 aromatic rings. The Morgan fingerprint density at radius 3 is 3.12 bits per heavy atom. The van der Waals surface area contributed by atoms with E-state index in [4.69, 9.17) is 4.74 Å². The third kappa shape index (κ3) is 3.29. The molecular weight excluding hydrogens is 348 g/mol. The first kappa shape index (κ1) is 16.3. The number of aromatic amines is 1. The van der Waals surface area contributed by atoms with Crippen LogP contribution in [0.2, 0.25) is 0 Å². The molecule has 0 radical (unpaired) electrons. The molecule has 2 N–H and O–H groups in total. The lowest BCUT2D eigenvalue weighted by molar-refractivity contribution is -0.115. The van der Waals surface area contributed by atoms with Gasteiger partial charge in [-0.2, -0.15) is 0 Å². The number of benzene rings is 1. The lowest BCUT2D eigenvalue weighted by atomic mass is 10.1. The van der Waals surface area contributed by atoms with Crippen molar-refractivity contribution in [2.75, 3.05) is 12.4 Å². The van der Waals surface area contributed by atoms with E-state index in [0.717, 1.165) is 32.9 Å². The van der Waals surface area contributed by atoms with Crippen LogP contribution in [0.15, 0.2) is 54.2 Å². The molecule has 0 fully saturated rings. The molecule has 130 valence electrons. The normalized spacial score (nSPS) is 10.8. The first-order chi connectivity index (χ1) is 12.7. The third-order valence-corrected chi connectivity index (χ3v) is 4.83. The van der Waals surface area contributed by atoms with Gasteiger partial charge in [-0.1, -0.05) is 12.1 Å². The number of pyridine rings is 1. The molecule has 1 amide bonds. The Bertz CT molecular complexity index is 1070. The molecule has 7 heteroatoms. The van der Waals surface area contributed by atoms with Crippen LogP contribution in [0.25, 0.3) is 21.6 Å². The van der Waals surface area contributed by atoms with E-state index in [0.29, 0.717) is 5.82 Å². The fraction of sp³-hybridized carbons (Fsp3) is 0.105. The van der Waals surface area contributed by atoms with Crippen LogP contribution in [-0.4, -0.2) is 28.0 Å². The minimum Gasteiger partial charge on any atom is -0.497 e. The minimum atomic E-state index is -0.115. The number of anilines is 1. The van der Waals surface area contributed by atoms with Gasteiger partial charge in [-0.25, -0.2) is 9.97 Å². The van der Waals surface area contributed by atoms with E-state index in [-0.39, 0.29) is 12.3 Å². The number of nitrogens with one attached hydrogen (secondary N) is 2. The molecule has 0 aliphatic carbocycles. The highest BCUT2D eigenvalue weighted by molar-refractivity contribution is 7.13. The Balaban J connectivity index is 1.49. The van der Waals surface area contributed by atoms with Crippen molar-refractivity contribution in [3.05, 3.63) is 59.7 Å².